The number of hydrogen-bond acceptors (Lipinski definition) is 19. The number of nitrogens with zero attached hydrogens (tertiary/aromatic N) is 2. The number of rotatable bonds is 24. The molecular formula is C36H56N10O18. The first-order chi connectivity index (χ1) is 30.0. The minimum atomic E-state index is -1.93. The number of carbonyl (C=O) groups excluding carboxylic acids is 10. The highest BCUT2D eigenvalue weighted by Gasteiger charge is 2.53. The van der Waals surface area contributed by atoms with Crippen molar-refractivity contribution in [2.75, 3.05) is 39.4 Å². The number of nitrogens with two attached hydrogens (primary N) is 4. The molecule has 0 radical (unpaired) electrons. The maximum absolute atomic E-state index is 14.1. The lowest BCUT2D eigenvalue weighted by Crippen LogP contribution is -2.64. The number of ether oxygens (including phenoxy) is 6. The number of hydrogen-bond donors (Lipinski definition) is 9. The highest BCUT2D eigenvalue weighted by Crippen LogP contribution is 2.30. The van der Waals surface area contributed by atoms with Crippen LogP contribution in [0.1, 0.15) is 59.8 Å². The molecule has 6 amide bonds. The van der Waals surface area contributed by atoms with E-state index < -0.39 is 153 Å². The van der Waals surface area contributed by atoms with Crippen molar-refractivity contribution in [3.05, 3.63) is 0 Å². The van der Waals surface area contributed by atoms with Gasteiger partial charge >= 0.3 is 29.8 Å². The van der Waals surface area contributed by atoms with Crippen LogP contribution in [-0.4, -0.2) is 176 Å². The zero-order chi connectivity index (χ0) is 48.3. The first-order valence-electron chi connectivity index (χ1n) is 19.7. The zero-order valence-electron chi connectivity index (χ0n) is 35.6. The molecule has 64 heavy (non-hydrogen) atoms. The molecule has 2 fully saturated rings. The fourth-order valence-corrected chi connectivity index (χ4v) is 6.43. The summed E-state index contributed by atoms with van der Waals surface area (Å²) < 4.78 is 32.9. The van der Waals surface area contributed by atoms with E-state index in [1.807, 2.05) is 0 Å². The van der Waals surface area contributed by atoms with Gasteiger partial charge < -0.3 is 82.6 Å². The number of likely N-dealkylation sites (tertiary alicyclic amines) is 1. The van der Waals surface area contributed by atoms with Crippen LogP contribution in [0.3, 0.4) is 0 Å². The van der Waals surface area contributed by atoms with Crippen LogP contribution in [0.25, 0.3) is 0 Å². The lowest BCUT2D eigenvalue weighted by molar-refractivity contribution is -0.308. The van der Waals surface area contributed by atoms with Crippen molar-refractivity contribution in [1.82, 2.24) is 26.2 Å². The number of carboxylic acids is 1. The highest BCUT2D eigenvalue weighted by atomic mass is 16.7. The molecule has 0 saturated carbocycles. The molecule has 0 aromatic rings. The van der Waals surface area contributed by atoms with Gasteiger partial charge in [0, 0.05) is 40.8 Å². The third-order valence-corrected chi connectivity index (χ3v) is 9.09. The number of nitrogens with one attached hydrogen (secondary N) is 4. The quantitative estimate of drug-likeness (QED) is 0.0143. The number of amides is 6. The predicted molar refractivity (Wildman–Crippen MR) is 212 cm³/mol. The Hall–Kier alpha value is -6.68. The Morgan fingerprint density at radius 1 is 0.781 bits per heavy atom. The average molecular weight is 917 g/mol. The molecule has 0 spiro atoms. The SMILES string of the molecule is CC(=O)OC[C@H]1O[C@@H](OC[C@H](NC(=O)[C@H](CC(=O)O)NC(=O)CNC(=O)[C@H](CCCN=C(N)N)NC(=O)CN)C(=O)N2CCC[C@H]2C(N)=O)[C@H](OC(C)=O)[C@@H](OC(C)=O)[C@@H]1OC(C)=O. The van der Waals surface area contributed by atoms with Gasteiger partial charge in [-0.25, -0.2) is 0 Å². The Kier molecular flexibility index (Phi) is 21.8. The van der Waals surface area contributed by atoms with E-state index in [9.17, 15) is 57.8 Å². The Balaban J connectivity index is 2.45. The summed E-state index contributed by atoms with van der Waals surface area (Å²) in [6, 6.07) is -6.14. The minimum Gasteiger partial charge on any atom is -0.481 e. The molecule has 2 aliphatic heterocycles. The monoisotopic (exact) mass is 916 g/mol. The fourth-order valence-electron chi connectivity index (χ4n) is 6.43. The molecule has 2 saturated heterocycles. The molecule has 0 aromatic carbocycles. The molecule has 13 N–H and O–H groups in total. The number of carbonyl (C=O) groups is 11. The van der Waals surface area contributed by atoms with Crippen LogP contribution in [0, 0.1) is 0 Å². The predicted octanol–water partition coefficient (Wildman–Crippen LogP) is -6.38. The number of primary amides is 1. The molecule has 0 aliphatic carbocycles. The summed E-state index contributed by atoms with van der Waals surface area (Å²) in [6.45, 7) is 1.19. The highest BCUT2D eigenvalue weighted by molar-refractivity contribution is 5.97. The van der Waals surface area contributed by atoms with Crippen LogP contribution in [-0.2, 0) is 81.2 Å². The lowest BCUT2D eigenvalue weighted by Gasteiger charge is -2.44. The van der Waals surface area contributed by atoms with Gasteiger partial charge in [0.1, 0.15) is 36.9 Å². The Labute approximate surface area is 365 Å². The molecule has 9 atom stereocenters. The molecule has 28 nitrogen and oxygen atoms in total. The van der Waals surface area contributed by atoms with Gasteiger partial charge in [-0.3, -0.25) is 57.7 Å². The fraction of sp³-hybridized carbons (Fsp3) is 0.667. The van der Waals surface area contributed by atoms with Crippen molar-refractivity contribution in [2.45, 2.75) is 115 Å². The van der Waals surface area contributed by atoms with Gasteiger partial charge in [0.15, 0.2) is 30.6 Å². The molecule has 2 aliphatic rings. The summed E-state index contributed by atoms with van der Waals surface area (Å²) in [7, 11) is 0. The summed E-state index contributed by atoms with van der Waals surface area (Å²) in [5, 5.41) is 18.7. The van der Waals surface area contributed by atoms with E-state index in [-0.39, 0.29) is 38.3 Å². The summed E-state index contributed by atoms with van der Waals surface area (Å²) in [5.74, 6) is -11.3. The number of aliphatic imine (C=N–C) groups is 1. The number of esters is 4. The minimum absolute atomic E-state index is 0.00266. The van der Waals surface area contributed by atoms with Crippen molar-refractivity contribution in [3.8, 4) is 0 Å². The molecular weight excluding hydrogens is 860 g/mol. The number of carboxylic acid groups (broad SMARTS) is 1. The Bertz CT molecular complexity index is 1780. The Morgan fingerprint density at radius 3 is 1.95 bits per heavy atom. The zero-order valence-corrected chi connectivity index (χ0v) is 35.6. The van der Waals surface area contributed by atoms with E-state index in [0.29, 0.717) is 6.42 Å². The summed E-state index contributed by atoms with van der Waals surface area (Å²) in [4.78, 5) is 143. The van der Waals surface area contributed by atoms with E-state index in [2.05, 4.69) is 26.3 Å². The van der Waals surface area contributed by atoms with Gasteiger partial charge in [-0.1, -0.05) is 0 Å². The second-order valence-electron chi connectivity index (χ2n) is 14.3. The smallest absolute Gasteiger partial charge is 0.305 e. The Morgan fingerprint density at radius 2 is 1.39 bits per heavy atom. The van der Waals surface area contributed by atoms with Crippen molar-refractivity contribution < 1.29 is 86.3 Å². The summed E-state index contributed by atoms with van der Waals surface area (Å²) >= 11 is 0. The number of aliphatic carboxylic acids is 1. The van der Waals surface area contributed by atoms with Gasteiger partial charge in [-0.15, -0.1) is 0 Å². The first kappa shape index (κ1) is 53.5. The van der Waals surface area contributed by atoms with Gasteiger partial charge in [-0.2, -0.15) is 0 Å². The van der Waals surface area contributed by atoms with Gasteiger partial charge in [-0.05, 0) is 25.7 Å². The van der Waals surface area contributed by atoms with Crippen LogP contribution in [0.2, 0.25) is 0 Å². The maximum Gasteiger partial charge on any atom is 0.305 e. The molecule has 2 heterocycles. The van der Waals surface area contributed by atoms with E-state index in [1.165, 1.54) is 0 Å². The van der Waals surface area contributed by atoms with Crippen molar-refractivity contribution in [3.63, 3.8) is 0 Å². The average Bonchev–Trinajstić information content (AvgIpc) is 3.70. The van der Waals surface area contributed by atoms with Crippen LogP contribution in [0.4, 0.5) is 0 Å². The second-order valence-corrected chi connectivity index (χ2v) is 14.3. The molecule has 0 bridgehead atoms. The third-order valence-electron chi connectivity index (χ3n) is 9.09. The van der Waals surface area contributed by atoms with Crippen LogP contribution in [0.15, 0.2) is 4.99 Å². The topological polar surface area (TPSA) is 431 Å². The first-order valence-corrected chi connectivity index (χ1v) is 19.7. The molecule has 0 aromatic heterocycles. The molecule has 28 heteroatoms. The van der Waals surface area contributed by atoms with E-state index >= 15 is 0 Å². The van der Waals surface area contributed by atoms with E-state index in [0.717, 1.165) is 32.6 Å². The normalized spacial score (nSPS) is 21.6. The third kappa shape index (κ3) is 18.0. The van der Waals surface area contributed by atoms with Crippen LogP contribution in [0.5, 0.6) is 0 Å². The summed E-state index contributed by atoms with van der Waals surface area (Å²) in [6.07, 6.45) is -8.74. The van der Waals surface area contributed by atoms with Crippen molar-refractivity contribution in [1.29, 1.82) is 0 Å². The summed E-state index contributed by atoms with van der Waals surface area (Å²) in [5.41, 5.74) is 21.5. The van der Waals surface area contributed by atoms with Gasteiger partial charge in [0.25, 0.3) is 0 Å². The van der Waals surface area contributed by atoms with Gasteiger partial charge in [0.2, 0.25) is 35.4 Å². The maximum atomic E-state index is 14.1. The second kappa shape index (κ2) is 26.1. The molecule has 2 rings (SSSR count). The van der Waals surface area contributed by atoms with Crippen molar-refractivity contribution in [2.24, 2.45) is 27.9 Å². The molecule has 358 valence electrons. The standard InChI is InChI=1S/C36H56N10O18/c1-16(47)59-15-24-28(61-17(2)48)29(62-18(3)49)30(63-19(4)50)35(64-24)60-14-22(34(58)46-10-6-8-23(46)31(38)55)45-33(57)21(11-27(53)54)44-26(52)13-42-32(56)20(43-25(51)12-37)7-5-9-41-36(39)40/h20-24,28-30,35H,5-15,37H2,1-4H3,(H2,38,55)(H,42,56)(H,43,51)(H,44,52)(H,45,57)(H,53,54)(H4,39,40,41)/t20-,21-,22-,23-,24+,28+,29-,30+,35+/m0/s1. The van der Waals surface area contributed by atoms with E-state index in [1.54, 1.807) is 0 Å². The van der Waals surface area contributed by atoms with Crippen LogP contribution >= 0.6 is 0 Å². The lowest BCUT2D eigenvalue weighted by atomic mass is 9.98. The number of guanidine groups is 1. The molecule has 0 unspecified atom stereocenters. The van der Waals surface area contributed by atoms with Crippen molar-refractivity contribution >= 4 is 71.2 Å². The van der Waals surface area contributed by atoms with Gasteiger partial charge in [0.05, 0.1) is 26.1 Å². The van der Waals surface area contributed by atoms with E-state index in [4.69, 9.17) is 51.4 Å². The largest absolute Gasteiger partial charge is 0.481 e. The van der Waals surface area contributed by atoms with Crippen LogP contribution < -0.4 is 44.2 Å².